The van der Waals surface area contributed by atoms with Crippen LogP contribution in [0.2, 0.25) is 0 Å². The average molecular weight is 349 g/mol. The fraction of sp³-hybridized carbons (Fsp3) is 0.938. The van der Waals surface area contributed by atoms with Crippen LogP contribution < -0.4 is 4.90 Å². The van der Waals surface area contributed by atoms with Crippen LogP contribution >= 0.6 is 0 Å². The van der Waals surface area contributed by atoms with Crippen LogP contribution in [0, 0.1) is 6.42 Å². The van der Waals surface area contributed by atoms with E-state index >= 15 is 0 Å². The molecule has 1 rings (SSSR count). The van der Waals surface area contributed by atoms with Gasteiger partial charge in [0.05, 0.1) is 19.6 Å². The minimum Gasteiger partial charge on any atom is -0.335 e. The fourth-order valence-corrected chi connectivity index (χ4v) is 2.21. The predicted molar refractivity (Wildman–Crippen MR) is 79.4 cm³/mol. The molecule has 1 saturated carbocycles. The smallest absolute Gasteiger partial charge is 0.315 e. The van der Waals surface area contributed by atoms with Crippen molar-refractivity contribution in [3.8, 4) is 0 Å². The van der Waals surface area contributed by atoms with E-state index < -0.39 is 24.2 Å². The van der Waals surface area contributed by atoms with Crippen LogP contribution in [-0.4, -0.2) is 37.4 Å². The zero-order valence-corrected chi connectivity index (χ0v) is 14.2. The normalized spacial score (nSPS) is 20.6. The highest BCUT2D eigenvalue weighted by atomic mass is 19.4. The summed E-state index contributed by atoms with van der Waals surface area (Å²) < 4.78 is 69.2. The summed E-state index contributed by atoms with van der Waals surface area (Å²) in [7, 11) is 0. The van der Waals surface area contributed by atoms with Crippen LogP contribution in [0.5, 0.6) is 0 Å². The van der Waals surface area contributed by atoms with Crippen molar-refractivity contribution in [1.82, 2.24) is 0 Å². The second kappa shape index (κ2) is 9.74. The molecule has 0 bridgehead atoms. The predicted octanol–water partition coefficient (Wildman–Crippen LogP) is 4.38. The molecule has 7 heteroatoms. The maximum atomic E-state index is 11.6. The molecule has 0 saturated heterocycles. The van der Waals surface area contributed by atoms with E-state index in [2.05, 4.69) is 20.8 Å². The van der Waals surface area contributed by atoms with E-state index in [0.29, 0.717) is 0 Å². The van der Waals surface area contributed by atoms with Gasteiger partial charge in [-0.15, -0.1) is 0 Å². The summed E-state index contributed by atoms with van der Waals surface area (Å²) in [4.78, 5) is 1.84. The van der Waals surface area contributed by atoms with Crippen LogP contribution in [0.4, 0.5) is 26.3 Å². The first kappa shape index (κ1) is 22.5. The van der Waals surface area contributed by atoms with Gasteiger partial charge in [-0.05, 0) is 19.3 Å². The molecule has 0 aromatic heterocycles. The summed E-state index contributed by atoms with van der Waals surface area (Å²) in [6.07, 6.45) is 7.31. The van der Waals surface area contributed by atoms with Crippen LogP contribution in [0.3, 0.4) is 0 Å². The van der Waals surface area contributed by atoms with Gasteiger partial charge in [0.25, 0.3) is 0 Å². The van der Waals surface area contributed by atoms with Gasteiger partial charge in [-0.2, -0.15) is 15.2 Å². The molecule has 0 radical (unpaired) electrons. The third-order valence-electron chi connectivity index (χ3n) is 3.85. The molecule has 1 fully saturated rings. The van der Waals surface area contributed by atoms with Gasteiger partial charge in [0.1, 0.15) is 0 Å². The number of quaternary nitrogens is 1. The van der Waals surface area contributed by atoms with Gasteiger partial charge in [0, 0.05) is 0 Å². The minimum absolute atomic E-state index is 0.958. The van der Waals surface area contributed by atoms with Crippen LogP contribution in [-0.2, 0) is 0 Å². The Hall–Kier alpha value is -0.460. The summed E-state index contributed by atoms with van der Waals surface area (Å²) in [5.41, 5.74) is 0. The van der Waals surface area contributed by atoms with Crippen LogP contribution in [0.25, 0.3) is 0 Å². The average Bonchev–Trinajstić information content (AvgIpc) is 2.46. The number of unbranched alkanes of at least 4 members (excludes halogenated alkanes) is 3. The Kier molecular flexibility index (Phi) is 9.55. The lowest BCUT2D eigenvalue weighted by molar-refractivity contribution is -0.900. The van der Waals surface area contributed by atoms with Crippen molar-refractivity contribution in [2.75, 3.05) is 19.6 Å². The lowest BCUT2D eigenvalue weighted by Crippen LogP contribution is -3.12. The van der Waals surface area contributed by atoms with E-state index in [-0.39, 0.29) is 0 Å². The molecule has 0 heterocycles. The van der Waals surface area contributed by atoms with Gasteiger partial charge in [-0.25, -0.2) is 17.6 Å². The van der Waals surface area contributed by atoms with E-state index in [4.69, 9.17) is 0 Å². The van der Waals surface area contributed by atoms with Gasteiger partial charge in [0.15, 0.2) is 0 Å². The van der Waals surface area contributed by atoms with Gasteiger partial charge in [-0.3, -0.25) is 0 Å². The van der Waals surface area contributed by atoms with E-state index in [9.17, 15) is 26.3 Å². The fourth-order valence-electron chi connectivity index (χ4n) is 2.21. The van der Waals surface area contributed by atoms with Gasteiger partial charge in [-0.1, -0.05) is 40.0 Å². The Morgan fingerprint density at radius 1 is 0.652 bits per heavy atom. The maximum absolute atomic E-state index is 11.6. The first-order valence-corrected chi connectivity index (χ1v) is 8.39. The molecule has 0 spiro atoms. The Morgan fingerprint density at radius 3 is 1.09 bits per heavy atom. The third kappa shape index (κ3) is 6.51. The van der Waals surface area contributed by atoms with Crippen molar-refractivity contribution >= 4 is 0 Å². The number of rotatable bonds is 9. The standard InChI is InChI=1S/C12H27N.C4HF6/c1-4-7-10-13(11-8-5-2)12-9-6-3;5-2(6)1-3(7,8)4(2,9)10/h4-12H2,1-3H3;1H/q;-1/p+1. The van der Waals surface area contributed by atoms with Crippen molar-refractivity contribution in [2.24, 2.45) is 0 Å². The Morgan fingerprint density at radius 2 is 0.957 bits per heavy atom. The quantitative estimate of drug-likeness (QED) is 0.465. The number of alkyl halides is 6. The topological polar surface area (TPSA) is 4.44 Å². The van der Waals surface area contributed by atoms with Gasteiger partial charge < -0.3 is 4.90 Å². The number of hydrogen-bond acceptors (Lipinski definition) is 0. The molecule has 0 aromatic carbocycles. The van der Waals surface area contributed by atoms with Crippen molar-refractivity contribution < 1.29 is 31.2 Å². The SMILES string of the molecule is CCCC[NH+](CCCC)CCCC.FC1(F)[CH-]C(F)(F)C1(F)F. The maximum Gasteiger partial charge on any atom is 0.315 e. The van der Waals surface area contributed by atoms with Crippen molar-refractivity contribution in [3.63, 3.8) is 0 Å². The highest BCUT2D eigenvalue weighted by Gasteiger charge is 2.73. The van der Waals surface area contributed by atoms with Crippen molar-refractivity contribution in [1.29, 1.82) is 0 Å². The number of halogens is 6. The molecule has 0 atom stereocenters. The molecule has 23 heavy (non-hydrogen) atoms. The molecular formula is C16H29F6N. The molecule has 0 amide bonds. The molecule has 1 nitrogen and oxygen atoms in total. The van der Waals surface area contributed by atoms with E-state index in [1.165, 1.54) is 58.2 Å². The van der Waals surface area contributed by atoms with Gasteiger partial charge >= 0.3 is 5.92 Å². The third-order valence-corrected chi connectivity index (χ3v) is 3.85. The highest BCUT2D eigenvalue weighted by molar-refractivity contribution is 5.23. The molecule has 140 valence electrons. The number of hydrogen-bond donors (Lipinski definition) is 1. The molecule has 1 aliphatic rings. The van der Waals surface area contributed by atoms with Crippen LogP contribution in [0.15, 0.2) is 0 Å². The Labute approximate surface area is 135 Å². The summed E-state index contributed by atoms with van der Waals surface area (Å²) in [5.74, 6) is -14.5. The zero-order valence-electron chi connectivity index (χ0n) is 14.2. The summed E-state index contributed by atoms with van der Waals surface area (Å²) in [5, 5.41) is 0. The van der Waals surface area contributed by atoms with Gasteiger partial charge in [0.2, 0.25) is 11.8 Å². The molecule has 0 unspecified atom stereocenters. The second-order valence-corrected chi connectivity index (χ2v) is 6.03. The van der Waals surface area contributed by atoms with Crippen LogP contribution in [0.1, 0.15) is 59.3 Å². The molecular weight excluding hydrogens is 320 g/mol. The van der Waals surface area contributed by atoms with Crippen molar-refractivity contribution in [3.05, 3.63) is 6.42 Å². The first-order chi connectivity index (χ1) is 10.6. The number of nitrogens with one attached hydrogen (secondary N) is 1. The molecule has 0 aliphatic heterocycles. The second-order valence-electron chi connectivity index (χ2n) is 6.03. The van der Waals surface area contributed by atoms with E-state index in [1.54, 1.807) is 0 Å². The molecule has 1 aliphatic carbocycles. The Bertz CT molecular complexity index is 285. The first-order valence-electron chi connectivity index (χ1n) is 8.39. The Balaban J connectivity index is 0.000000433. The summed E-state index contributed by atoms with van der Waals surface area (Å²) >= 11 is 0. The van der Waals surface area contributed by atoms with E-state index in [1.807, 2.05) is 4.90 Å². The largest absolute Gasteiger partial charge is 0.335 e. The lowest BCUT2D eigenvalue weighted by atomic mass is 9.84. The molecule has 0 aromatic rings. The highest BCUT2D eigenvalue weighted by Crippen LogP contribution is 2.59. The minimum atomic E-state index is -5.21. The van der Waals surface area contributed by atoms with Crippen molar-refractivity contribution in [2.45, 2.75) is 77.1 Å². The summed E-state index contributed by atoms with van der Waals surface area (Å²) in [6.45, 7) is 11.1. The molecule has 1 N–H and O–H groups in total. The van der Waals surface area contributed by atoms with E-state index in [0.717, 1.165) is 0 Å². The lowest BCUT2D eigenvalue weighted by Gasteiger charge is -2.53. The zero-order chi connectivity index (χ0) is 18.1. The summed E-state index contributed by atoms with van der Waals surface area (Å²) in [6, 6.07) is 0. The monoisotopic (exact) mass is 349 g/mol.